The van der Waals surface area contributed by atoms with Crippen molar-refractivity contribution in [3.05, 3.63) is 16.4 Å². The Kier molecular flexibility index (Phi) is 3.13. The highest BCUT2D eigenvalue weighted by Crippen LogP contribution is 2.19. The van der Waals surface area contributed by atoms with Gasteiger partial charge in [0.15, 0.2) is 5.76 Å². The quantitative estimate of drug-likeness (QED) is 0.828. The van der Waals surface area contributed by atoms with Crippen molar-refractivity contribution >= 4 is 15.9 Å². The van der Waals surface area contributed by atoms with Crippen molar-refractivity contribution in [3.8, 4) is 0 Å². The molecule has 0 aromatic carbocycles. The van der Waals surface area contributed by atoms with Crippen LogP contribution in [0.25, 0.3) is 0 Å². The summed E-state index contributed by atoms with van der Waals surface area (Å²) in [5, 5.41) is 3.80. The first kappa shape index (κ1) is 11.1. The molecule has 1 aromatic heterocycles. The Hall–Kier alpha value is -0.390. The maximum absolute atomic E-state index is 5.64. The van der Waals surface area contributed by atoms with Crippen molar-refractivity contribution in [2.24, 2.45) is 0 Å². The van der Waals surface area contributed by atoms with Crippen LogP contribution in [-0.4, -0.2) is 35.4 Å². The minimum atomic E-state index is -0.0600. The van der Waals surface area contributed by atoms with Gasteiger partial charge in [0.05, 0.1) is 18.8 Å². The summed E-state index contributed by atoms with van der Waals surface area (Å²) in [6, 6.07) is 1.91. The number of nitrogens with zero attached hydrogens (tertiary/aromatic N) is 2. The number of rotatable bonds is 2. The van der Waals surface area contributed by atoms with Gasteiger partial charge in [0, 0.05) is 19.2 Å². The fourth-order valence-corrected chi connectivity index (χ4v) is 2.16. The number of halogens is 1. The summed E-state index contributed by atoms with van der Waals surface area (Å²) in [4.78, 5) is 2.32. The second kappa shape index (κ2) is 4.23. The van der Waals surface area contributed by atoms with E-state index in [1.165, 1.54) is 0 Å². The molecule has 0 atom stereocenters. The van der Waals surface area contributed by atoms with Gasteiger partial charge >= 0.3 is 0 Å². The van der Waals surface area contributed by atoms with Gasteiger partial charge in [-0.1, -0.05) is 5.16 Å². The highest BCUT2D eigenvalue weighted by molar-refractivity contribution is 9.10. The van der Waals surface area contributed by atoms with Crippen LogP contribution in [0.15, 0.2) is 15.2 Å². The molecule has 0 unspecified atom stereocenters. The van der Waals surface area contributed by atoms with E-state index in [0.29, 0.717) is 0 Å². The topological polar surface area (TPSA) is 38.5 Å². The number of hydrogen-bond donors (Lipinski definition) is 0. The SMILES string of the molecule is CC1(C)CN(Cc2cc(Br)no2)CCO1. The lowest BCUT2D eigenvalue weighted by Crippen LogP contribution is -2.47. The maximum Gasteiger partial charge on any atom is 0.151 e. The predicted molar refractivity (Wildman–Crippen MR) is 59.5 cm³/mol. The Bertz CT molecular complexity index is 338. The molecule has 0 amide bonds. The van der Waals surface area contributed by atoms with Crippen LogP contribution >= 0.6 is 15.9 Å². The summed E-state index contributed by atoms with van der Waals surface area (Å²) in [6.45, 7) is 7.66. The van der Waals surface area contributed by atoms with Crippen LogP contribution in [0.2, 0.25) is 0 Å². The van der Waals surface area contributed by atoms with Crippen LogP contribution in [0.5, 0.6) is 0 Å². The molecule has 0 saturated carbocycles. The number of ether oxygens (including phenoxy) is 1. The summed E-state index contributed by atoms with van der Waals surface area (Å²) >= 11 is 3.27. The molecule has 0 N–H and O–H groups in total. The number of morpholine rings is 1. The first-order valence-corrected chi connectivity index (χ1v) is 5.82. The molecule has 1 aliphatic heterocycles. The maximum atomic E-state index is 5.64. The van der Waals surface area contributed by atoms with Gasteiger partial charge < -0.3 is 9.26 Å². The zero-order valence-electron chi connectivity index (χ0n) is 8.99. The van der Waals surface area contributed by atoms with Gasteiger partial charge in [0.2, 0.25) is 0 Å². The third-order valence-electron chi connectivity index (χ3n) is 2.41. The summed E-state index contributed by atoms with van der Waals surface area (Å²) in [5.41, 5.74) is -0.0600. The van der Waals surface area contributed by atoms with Gasteiger partial charge in [-0.15, -0.1) is 0 Å². The Labute approximate surface area is 97.7 Å². The summed E-state index contributed by atoms with van der Waals surface area (Å²) in [5.74, 6) is 0.888. The van der Waals surface area contributed by atoms with E-state index >= 15 is 0 Å². The van der Waals surface area contributed by atoms with Crippen LogP contribution < -0.4 is 0 Å². The summed E-state index contributed by atoms with van der Waals surface area (Å²) in [7, 11) is 0. The van der Waals surface area contributed by atoms with E-state index in [-0.39, 0.29) is 5.60 Å². The zero-order valence-corrected chi connectivity index (χ0v) is 10.6. The van der Waals surface area contributed by atoms with E-state index in [1.807, 2.05) is 6.07 Å². The normalized spacial score (nSPS) is 21.8. The Morgan fingerprint density at radius 2 is 2.40 bits per heavy atom. The van der Waals surface area contributed by atoms with Gasteiger partial charge in [-0.2, -0.15) is 0 Å². The Balaban J connectivity index is 1.95. The minimum absolute atomic E-state index is 0.0600. The standard InChI is InChI=1S/C10H15BrN2O2/c1-10(2)7-13(3-4-14-10)6-8-5-9(11)12-15-8/h5H,3-4,6-7H2,1-2H3. The molecule has 15 heavy (non-hydrogen) atoms. The lowest BCUT2D eigenvalue weighted by atomic mass is 10.1. The van der Waals surface area contributed by atoms with Crippen molar-refractivity contribution in [3.63, 3.8) is 0 Å². The summed E-state index contributed by atoms with van der Waals surface area (Å²) < 4.78 is 11.6. The lowest BCUT2D eigenvalue weighted by Gasteiger charge is -2.37. The van der Waals surface area contributed by atoms with Gasteiger partial charge in [-0.05, 0) is 29.8 Å². The van der Waals surface area contributed by atoms with Gasteiger partial charge in [-0.25, -0.2) is 0 Å². The molecule has 0 aliphatic carbocycles. The second-order valence-corrected chi connectivity index (χ2v) is 5.25. The fraction of sp³-hybridized carbons (Fsp3) is 0.700. The molecule has 1 saturated heterocycles. The Morgan fingerprint density at radius 1 is 1.60 bits per heavy atom. The van der Waals surface area contributed by atoms with Crippen molar-refractivity contribution < 1.29 is 9.26 Å². The molecule has 0 spiro atoms. The average molecular weight is 275 g/mol. The third kappa shape index (κ3) is 3.03. The van der Waals surface area contributed by atoms with Crippen molar-refractivity contribution in [2.75, 3.05) is 19.7 Å². The van der Waals surface area contributed by atoms with Crippen LogP contribution in [0, 0.1) is 0 Å². The Morgan fingerprint density at radius 3 is 3.00 bits per heavy atom. The molecule has 1 fully saturated rings. The lowest BCUT2D eigenvalue weighted by molar-refractivity contribution is -0.0896. The number of aromatic nitrogens is 1. The molecule has 1 aromatic rings. The predicted octanol–water partition coefficient (Wildman–Crippen LogP) is 2.05. The smallest absolute Gasteiger partial charge is 0.151 e. The molecule has 4 nitrogen and oxygen atoms in total. The average Bonchev–Trinajstić information content (AvgIpc) is 2.49. The molecule has 1 aliphatic rings. The highest BCUT2D eigenvalue weighted by atomic mass is 79.9. The molecule has 2 heterocycles. The molecule has 0 radical (unpaired) electrons. The molecule has 2 rings (SSSR count). The van der Waals surface area contributed by atoms with Crippen molar-refractivity contribution in [1.29, 1.82) is 0 Å². The van der Waals surface area contributed by atoms with Crippen LogP contribution in [-0.2, 0) is 11.3 Å². The van der Waals surface area contributed by atoms with E-state index < -0.39 is 0 Å². The van der Waals surface area contributed by atoms with Crippen molar-refractivity contribution in [2.45, 2.75) is 26.0 Å². The van der Waals surface area contributed by atoms with E-state index in [2.05, 4.69) is 39.8 Å². The second-order valence-electron chi connectivity index (χ2n) is 4.43. The molecule has 5 heteroatoms. The largest absolute Gasteiger partial charge is 0.373 e. The first-order valence-electron chi connectivity index (χ1n) is 5.03. The van der Waals surface area contributed by atoms with Crippen LogP contribution in [0.1, 0.15) is 19.6 Å². The third-order valence-corrected chi connectivity index (χ3v) is 2.79. The summed E-state index contributed by atoms with van der Waals surface area (Å²) in [6.07, 6.45) is 0. The minimum Gasteiger partial charge on any atom is -0.373 e. The van der Waals surface area contributed by atoms with E-state index in [1.54, 1.807) is 0 Å². The van der Waals surface area contributed by atoms with Crippen LogP contribution in [0.4, 0.5) is 0 Å². The van der Waals surface area contributed by atoms with Gasteiger partial charge in [-0.3, -0.25) is 4.90 Å². The fourth-order valence-electron chi connectivity index (χ4n) is 1.83. The molecule has 0 bridgehead atoms. The zero-order chi connectivity index (χ0) is 10.9. The monoisotopic (exact) mass is 274 g/mol. The van der Waals surface area contributed by atoms with Gasteiger partial charge in [0.1, 0.15) is 4.60 Å². The molecular weight excluding hydrogens is 260 g/mol. The van der Waals surface area contributed by atoms with E-state index in [4.69, 9.17) is 9.26 Å². The molecular formula is C10H15BrN2O2. The first-order chi connectivity index (χ1) is 7.05. The van der Waals surface area contributed by atoms with Crippen molar-refractivity contribution in [1.82, 2.24) is 10.1 Å². The molecule has 84 valence electrons. The van der Waals surface area contributed by atoms with E-state index in [9.17, 15) is 0 Å². The number of hydrogen-bond acceptors (Lipinski definition) is 4. The highest BCUT2D eigenvalue weighted by Gasteiger charge is 2.27. The van der Waals surface area contributed by atoms with E-state index in [0.717, 1.165) is 36.6 Å². The van der Waals surface area contributed by atoms with Crippen LogP contribution in [0.3, 0.4) is 0 Å². The van der Waals surface area contributed by atoms with Gasteiger partial charge in [0.25, 0.3) is 0 Å².